The van der Waals surface area contributed by atoms with Crippen LogP contribution >= 0.6 is 0 Å². The fourth-order valence-electron chi connectivity index (χ4n) is 2.25. The van der Waals surface area contributed by atoms with Gasteiger partial charge in [-0.25, -0.2) is 4.79 Å². The van der Waals surface area contributed by atoms with Gasteiger partial charge >= 0.3 is 27.2 Å². The van der Waals surface area contributed by atoms with E-state index in [9.17, 15) is 14.4 Å². The minimum absolute atomic E-state index is 0.0778. The molecule has 1 heterocycles. The summed E-state index contributed by atoms with van der Waals surface area (Å²) in [6, 6.07) is 14.8. The lowest BCUT2D eigenvalue weighted by molar-refractivity contribution is -0.598. The summed E-state index contributed by atoms with van der Waals surface area (Å²) in [5, 5.41) is 0.554. The predicted molar refractivity (Wildman–Crippen MR) is 83.3 cm³/mol. The Morgan fingerprint density at radius 1 is 1.00 bits per heavy atom. The molecule has 2 amide bonds. The number of rotatable bonds is 5. The Balaban J connectivity index is 1.68. The van der Waals surface area contributed by atoms with Gasteiger partial charge in [-0.05, 0) is 36.4 Å². The fourth-order valence-corrected chi connectivity index (χ4v) is 4.69. The minimum atomic E-state index is -0.717. The molecule has 6 nitrogen and oxygen atoms in total. The first-order valence-corrected chi connectivity index (χ1v) is 9.70. The number of hydrogen-bond acceptors (Lipinski definition) is 5. The van der Waals surface area contributed by atoms with Gasteiger partial charge in [0, 0.05) is 12.8 Å². The predicted octanol–water partition coefficient (Wildman–Crippen LogP) is -0.956. The number of hydrogen-bond donors (Lipinski definition) is 0. The van der Waals surface area contributed by atoms with Crippen LogP contribution in [0.2, 0.25) is 0 Å². The van der Waals surface area contributed by atoms with Gasteiger partial charge in [-0.2, -0.15) is 0 Å². The molecule has 1 aliphatic rings. The first-order chi connectivity index (χ1) is 12.1. The van der Waals surface area contributed by atoms with Crippen LogP contribution in [0.1, 0.15) is 23.2 Å². The van der Waals surface area contributed by atoms with E-state index in [0.717, 1.165) is 12.9 Å². The molecule has 25 heavy (non-hydrogen) atoms. The van der Waals surface area contributed by atoms with E-state index in [1.807, 2.05) is 36.4 Å². The summed E-state index contributed by atoms with van der Waals surface area (Å²) < 4.78 is 7.61. The van der Waals surface area contributed by atoms with Crippen LogP contribution in [-0.4, -0.2) is 30.0 Å². The molecular weight excluding hydrogens is 437 g/mol. The van der Waals surface area contributed by atoms with Gasteiger partial charge in [-0.3, -0.25) is 9.59 Å². The average Bonchev–Trinajstić information content (AvgIpc) is 2.94. The van der Waals surface area contributed by atoms with Crippen molar-refractivity contribution in [2.45, 2.75) is 12.8 Å². The Kier molecular flexibility index (Phi) is 5.32. The Labute approximate surface area is 154 Å². The standard InChI is InChI=1S/C18H15INO5/c1-24-15-5-3-2-4-14(15)19-13-8-6-12(7-9-13)18(23)25-20-16(21)10-11-17(20)22/h2-9H,10-11H2,1H3/q+1. The first-order valence-electron chi connectivity index (χ1n) is 7.54. The summed E-state index contributed by atoms with van der Waals surface area (Å²) >= 11 is -0.456. The summed E-state index contributed by atoms with van der Waals surface area (Å²) in [6.07, 6.45) is 0.156. The van der Waals surface area contributed by atoms with E-state index in [1.165, 1.54) is 0 Å². The quantitative estimate of drug-likeness (QED) is 0.432. The number of ether oxygens (including phenoxy) is 1. The second kappa shape index (κ2) is 7.64. The SMILES string of the molecule is COc1ccccc1[I+]c1ccc(C(=O)ON2C(=O)CCC2=O)cc1. The number of para-hydroxylation sites is 1. The number of halogens is 1. The highest BCUT2D eigenvalue weighted by molar-refractivity contribution is 6.02. The van der Waals surface area contributed by atoms with Gasteiger partial charge in [0.05, 0.1) is 12.7 Å². The number of carbonyl (C=O) groups is 3. The maximum Gasteiger partial charge on any atom is 0.363 e. The number of methoxy groups -OCH3 is 1. The van der Waals surface area contributed by atoms with Crippen molar-refractivity contribution in [3.63, 3.8) is 0 Å². The molecule has 0 radical (unpaired) electrons. The van der Waals surface area contributed by atoms with Gasteiger partial charge in [0.15, 0.2) is 9.32 Å². The zero-order valence-corrected chi connectivity index (χ0v) is 15.6. The third-order valence-electron chi connectivity index (χ3n) is 3.53. The van der Waals surface area contributed by atoms with E-state index in [2.05, 4.69) is 0 Å². The summed E-state index contributed by atoms with van der Waals surface area (Å²) in [5.41, 5.74) is 0.292. The van der Waals surface area contributed by atoms with Crippen molar-refractivity contribution in [3.05, 3.63) is 61.2 Å². The van der Waals surface area contributed by atoms with Crippen molar-refractivity contribution in [2.75, 3.05) is 7.11 Å². The highest BCUT2D eigenvalue weighted by atomic mass is 127. The van der Waals surface area contributed by atoms with Gasteiger partial charge in [0.2, 0.25) is 3.57 Å². The van der Waals surface area contributed by atoms with E-state index in [1.54, 1.807) is 19.2 Å². The number of hydroxylamine groups is 2. The third kappa shape index (κ3) is 3.98. The molecule has 0 aromatic heterocycles. The van der Waals surface area contributed by atoms with Crippen LogP contribution in [0, 0.1) is 7.14 Å². The largest absolute Gasteiger partial charge is 0.492 e. The zero-order valence-electron chi connectivity index (χ0n) is 13.4. The number of imide groups is 1. The first kappa shape index (κ1) is 17.4. The van der Waals surface area contributed by atoms with E-state index in [0.29, 0.717) is 10.6 Å². The van der Waals surface area contributed by atoms with Crippen LogP contribution < -0.4 is 25.9 Å². The molecule has 0 unspecified atom stereocenters. The Hall–Kier alpha value is -2.42. The second-order valence-corrected chi connectivity index (χ2v) is 8.14. The molecule has 1 aliphatic heterocycles. The third-order valence-corrected chi connectivity index (χ3v) is 6.34. The molecule has 0 spiro atoms. The lowest BCUT2D eigenvalue weighted by Gasteiger charge is -2.12. The normalized spacial score (nSPS) is 13.9. The topological polar surface area (TPSA) is 72.9 Å². The number of nitrogens with zero attached hydrogens (tertiary/aromatic N) is 1. The van der Waals surface area contributed by atoms with Gasteiger partial charge < -0.3 is 9.57 Å². The zero-order chi connectivity index (χ0) is 17.8. The molecule has 2 aromatic rings. The number of amides is 2. The van der Waals surface area contributed by atoms with Gasteiger partial charge in [0.1, 0.15) is 0 Å². The van der Waals surface area contributed by atoms with E-state index in [-0.39, 0.29) is 12.8 Å². The van der Waals surface area contributed by atoms with Crippen LogP contribution in [0.4, 0.5) is 0 Å². The molecule has 2 aromatic carbocycles. The van der Waals surface area contributed by atoms with Gasteiger partial charge in [-0.1, -0.05) is 12.1 Å². The molecule has 0 bridgehead atoms. The van der Waals surface area contributed by atoms with Crippen molar-refractivity contribution in [2.24, 2.45) is 0 Å². The van der Waals surface area contributed by atoms with Crippen molar-refractivity contribution in [1.82, 2.24) is 5.06 Å². The van der Waals surface area contributed by atoms with Crippen molar-refractivity contribution >= 4 is 17.8 Å². The van der Waals surface area contributed by atoms with Crippen LogP contribution in [0.3, 0.4) is 0 Å². The summed E-state index contributed by atoms with van der Waals surface area (Å²) in [6.45, 7) is 0. The Morgan fingerprint density at radius 3 is 2.28 bits per heavy atom. The molecule has 0 N–H and O–H groups in total. The summed E-state index contributed by atoms with van der Waals surface area (Å²) in [5.74, 6) is -0.843. The lowest BCUT2D eigenvalue weighted by Crippen LogP contribution is -3.61. The molecule has 0 atom stereocenters. The van der Waals surface area contributed by atoms with Gasteiger partial charge in [0.25, 0.3) is 11.8 Å². The minimum Gasteiger partial charge on any atom is -0.492 e. The molecule has 0 aliphatic carbocycles. The Bertz CT molecular complexity index is 802. The smallest absolute Gasteiger partial charge is 0.363 e. The summed E-state index contributed by atoms with van der Waals surface area (Å²) in [4.78, 5) is 40.0. The summed E-state index contributed by atoms with van der Waals surface area (Å²) in [7, 11) is 1.64. The molecule has 1 fully saturated rings. The highest BCUT2D eigenvalue weighted by Crippen LogP contribution is 2.14. The van der Waals surface area contributed by atoms with Crippen molar-refractivity contribution in [3.8, 4) is 5.75 Å². The van der Waals surface area contributed by atoms with Crippen LogP contribution in [0.15, 0.2) is 48.5 Å². The Morgan fingerprint density at radius 2 is 1.64 bits per heavy atom. The van der Waals surface area contributed by atoms with Crippen molar-refractivity contribution in [1.29, 1.82) is 0 Å². The number of carbonyl (C=O) groups excluding carboxylic acids is 3. The molecule has 0 saturated carbocycles. The van der Waals surface area contributed by atoms with E-state index < -0.39 is 39.0 Å². The monoisotopic (exact) mass is 452 g/mol. The second-order valence-electron chi connectivity index (χ2n) is 5.20. The van der Waals surface area contributed by atoms with Crippen LogP contribution in [0.25, 0.3) is 0 Å². The maximum atomic E-state index is 12.1. The molecule has 3 rings (SSSR count). The highest BCUT2D eigenvalue weighted by Gasteiger charge is 2.33. The maximum absolute atomic E-state index is 12.1. The molecule has 7 heteroatoms. The van der Waals surface area contributed by atoms with Crippen molar-refractivity contribution < 1.29 is 45.2 Å². The average molecular weight is 452 g/mol. The van der Waals surface area contributed by atoms with Crippen LogP contribution in [0.5, 0.6) is 5.75 Å². The number of benzene rings is 2. The van der Waals surface area contributed by atoms with E-state index >= 15 is 0 Å². The van der Waals surface area contributed by atoms with Gasteiger partial charge in [-0.15, -0.1) is 5.06 Å². The van der Waals surface area contributed by atoms with Crippen LogP contribution in [-0.2, 0) is 14.4 Å². The molecule has 128 valence electrons. The lowest BCUT2D eigenvalue weighted by atomic mass is 10.2. The molecule has 1 saturated heterocycles. The van der Waals surface area contributed by atoms with E-state index in [4.69, 9.17) is 9.57 Å². The fraction of sp³-hybridized carbons (Fsp3) is 0.167. The molecular formula is C18H15INO5+.